The molecule has 0 spiro atoms. The first-order valence-electron chi connectivity index (χ1n) is 8.30. The molecule has 0 saturated carbocycles. The Morgan fingerprint density at radius 3 is 2.80 bits per heavy atom. The number of urea groups is 1. The minimum Gasteiger partial charge on any atom is -0.378 e. The number of nitrogens with one attached hydrogen (secondary N) is 1. The lowest BCUT2D eigenvalue weighted by atomic mass is 10.2. The molecular weight excluding hydrogens is 322 g/mol. The van der Waals surface area contributed by atoms with Crippen LogP contribution in [0.25, 0.3) is 0 Å². The fourth-order valence-electron chi connectivity index (χ4n) is 2.62. The molecule has 3 rings (SSSR count). The quantitative estimate of drug-likeness (QED) is 0.885. The van der Waals surface area contributed by atoms with Crippen LogP contribution in [0.1, 0.15) is 17.0 Å². The number of nitrogens with zero attached hydrogens (tertiary/aromatic N) is 4. The third kappa shape index (κ3) is 4.69. The van der Waals surface area contributed by atoms with Crippen LogP contribution in [0.2, 0.25) is 0 Å². The van der Waals surface area contributed by atoms with Crippen molar-refractivity contribution in [3.63, 3.8) is 0 Å². The summed E-state index contributed by atoms with van der Waals surface area (Å²) in [5.74, 6) is 1.67. The van der Waals surface area contributed by atoms with Crippen molar-refractivity contribution >= 4 is 11.8 Å². The summed E-state index contributed by atoms with van der Waals surface area (Å²) >= 11 is 0. The van der Waals surface area contributed by atoms with Crippen molar-refractivity contribution in [2.24, 2.45) is 0 Å². The average molecular weight is 345 g/mol. The molecule has 3 heterocycles. The van der Waals surface area contributed by atoms with Gasteiger partial charge < -0.3 is 24.4 Å². The van der Waals surface area contributed by atoms with Gasteiger partial charge in [-0.15, -0.1) is 0 Å². The molecule has 2 aromatic heterocycles. The van der Waals surface area contributed by atoms with Gasteiger partial charge in [0.05, 0.1) is 19.8 Å². The van der Waals surface area contributed by atoms with Gasteiger partial charge in [-0.05, 0) is 18.6 Å². The number of rotatable bonds is 5. The summed E-state index contributed by atoms with van der Waals surface area (Å²) < 4.78 is 10.4. The molecule has 8 nitrogen and oxygen atoms in total. The molecule has 1 aliphatic rings. The largest absolute Gasteiger partial charge is 0.378 e. The summed E-state index contributed by atoms with van der Waals surface area (Å²) in [4.78, 5) is 20.4. The van der Waals surface area contributed by atoms with Crippen molar-refractivity contribution in [1.29, 1.82) is 0 Å². The molecule has 1 N–H and O–H groups in total. The SMILES string of the molecule is Cc1cc(CN(C)C(=O)NCc2ccc(N3CCOCC3)nc2)no1. The van der Waals surface area contributed by atoms with Gasteiger partial charge in [-0.3, -0.25) is 0 Å². The summed E-state index contributed by atoms with van der Waals surface area (Å²) in [5, 5.41) is 6.77. The Morgan fingerprint density at radius 2 is 2.16 bits per heavy atom. The van der Waals surface area contributed by atoms with Crippen LogP contribution in [-0.2, 0) is 17.8 Å². The number of hydrogen-bond acceptors (Lipinski definition) is 6. The van der Waals surface area contributed by atoms with Gasteiger partial charge in [0.2, 0.25) is 0 Å². The highest BCUT2D eigenvalue weighted by atomic mass is 16.5. The van der Waals surface area contributed by atoms with Crippen molar-refractivity contribution in [3.05, 3.63) is 41.4 Å². The van der Waals surface area contributed by atoms with Gasteiger partial charge in [0.15, 0.2) is 0 Å². The second-order valence-corrected chi connectivity index (χ2v) is 6.07. The van der Waals surface area contributed by atoms with Gasteiger partial charge >= 0.3 is 6.03 Å². The van der Waals surface area contributed by atoms with E-state index < -0.39 is 0 Å². The van der Waals surface area contributed by atoms with E-state index in [2.05, 4.69) is 20.4 Å². The molecule has 2 amide bonds. The second kappa shape index (κ2) is 7.98. The lowest BCUT2D eigenvalue weighted by Crippen LogP contribution is -2.37. The summed E-state index contributed by atoms with van der Waals surface area (Å²) in [6.07, 6.45) is 1.80. The molecule has 1 fully saturated rings. The summed E-state index contributed by atoms with van der Waals surface area (Å²) in [7, 11) is 1.72. The first-order chi connectivity index (χ1) is 12.1. The zero-order valence-corrected chi connectivity index (χ0v) is 14.6. The van der Waals surface area contributed by atoms with E-state index in [4.69, 9.17) is 9.26 Å². The Hall–Kier alpha value is -2.61. The molecule has 0 atom stereocenters. The zero-order chi connectivity index (χ0) is 17.6. The molecule has 134 valence electrons. The number of morpholine rings is 1. The van der Waals surface area contributed by atoms with E-state index in [-0.39, 0.29) is 6.03 Å². The van der Waals surface area contributed by atoms with Crippen LogP contribution in [0.3, 0.4) is 0 Å². The summed E-state index contributed by atoms with van der Waals surface area (Å²) in [6.45, 7) is 5.83. The van der Waals surface area contributed by atoms with E-state index in [1.165, 1.54) is 0 Å². The highest BCUT2D eigenvalue weighted by molar-refractivity contribution is 5.73. The molecular formula is C17H23N5O3. The fraction of sp³-hybridized carbons (Fsp3) is 0.471. The maximum Gasteiger partial charge on any atom is 0.317 e. The monoisotopic (exact) mass is 345 g/mol. The molecule has 0 aliphatic carbocycles. The summed E-state index contributed by atoms with van der Waals surface area (Å²) in [6, 6.07) is 5.61. The van der Waals surface area contributed by atoms with Crippen molar-refractivity contribution in [1.82, 2.24) is 20.4 Å². The zero-order valence-electron chi connectivity index (χ0n) is 14.6. The van der Waals surface area contributed by atoms with Crippen LogP contribution in [0.5, 0.6) is 0 Å². The molecule has 0 aromatic carbocycles. The van der Waals surface area contributed by atoms with Crippen LogP contribution >= 0.6 is 0 Å². The molecule has 0 radical (unpaired) electrons. The lowest BCUT2D eigenvalue weighted by Gasteiger charge is -2.27. The minimum atomic E-state index is -0.169. The molecule has 1 aliphatic heterocycles. The first-order valence-corrected chi connectivity index (χ1v) is 8.30. The van der Waals surface area contributed by atoms with Crippen molar-refractivity contribution in [2.45, 2.75) is 20.0 Å². The molecule has 0 unspecified atom stereocenters. The number of hydrogen-bond donors (Lipinski definition) is 1. The average Bonchev–Trinajstić information content (AvgIpc) is 3.05. The maximum absolute atomic E-state index is 12.2. The number of pyridine rings is 1. The van der Waals surface area contributed by atoms with Crippen molar-refractivity contribution in [3.8, 4) is 0 Å². The smallest absolute Gasteiger partial charge is 0.317 e. The predicted molar refractivity (Wildman–Crippen MR) is 92.2 cm³/mol. The van der Waals surface area contributed by atoms with Gasteiger partial charge in [0.25, 0.3) is 0 Å². The van der Waals surface area contributed by atoms with E-state index in [0.29, 0.717) is 13.1 Å². The Balaban J connectivity index is 1.48. The van der Waals surface area contributed by atoms with Crippen molar-refractivity contribution < 1.29 is 14.1 Å². The highest BCUT2D eigenvalue weighted by Crippen LogP contribution is 2.13. The minimum absolute atomic E-state index is 0.169. The lowest BCUT2D eigenvalue weighted by molar-refractivity contribution is 0.122. The molecule has 0 bridgehead atoms. The third-order valence-corrected chi connectivity index (χ3v) is 4.01. The molecule has 8 heteroatoms. The number of aromatic nitrogens is 2. The van der Waals surface area contributed by atoms with Crippen molar-refractivity contribution in [2.75, 3.05) is 38.3 Å². The van der Waals surface area contributed by atoms with Crippen LogP contribution in [-0.4, -0.2) is 54.4 Å². The van der Waals surface area contributed by atoms with Gasteiger partial charge in [0, 0.05) is 38.9 Å². The standard InChI is InChI=1S/C17H23N5O3/c1-13-9-15(20-25-13)12-21(2)17(23)19-11-14-3-4-16(18-10-14)22-5-7-24-8-6-22/h3-4,9-10H,5-8,11-12H2,1-2H3,(H,19,23). The first kappa shape index (κ1) is 17.2. The Labute approximate surface area is 146 Å². The van der Waals surface area contributed by atoms with Gasteiger partial charge in [-0.1, -0.05) is 11.2 Å². The Morgan fingerprint density at radius 1 is 1.36 bits per heavy atom. The fourth-order valence-corrected chi connectivity index (χ4v) is 2.62. The number of carbonyl (C=O) groups is 1. The van der Waals surface area contributed by atoms with Gasteiger partial charge in [-0.2, -0.15) is 0 Å². The van der Waals surface area contributed by atoms with E-state index >= 15 is 0 Å². The van der Waals surface area contributed by atoms with Crippen LogP contribution < -0.4 is 10.2 Å². The molecule has 25 heavy (non-hydrogen) atoms. The van der Waals surface area contributed by atoms with Gasteiger partial charge in [-0.25, -0.2) is 9.78 Å². The molecule has 2 aromatic rings. The number of anilines is 1. The number of amides is 2. The van der Waals surface area contributed by atoms with E-state index in [0.717, 1.165) is 49.1 Å². The topological polar surface area (TPSA) is 83.7 Å². The maximum atomic E-state index is 12.2. The highest BCUT2D eigenvalue weighted by Gasteiger charge is 2.13. The molecule has 1 saturated heterocycles. The third-order valence-electron chi connectivity index (χ3n) is 4.01. The number of carbonyl (C=O) groups excluding carboxylic acids is 1. The van der Waals surface area contributed by atoms with Crippen LogP contribution in [0.4, 0.5) is 10.6 Å². The van der Waals surface area contributed by atoms with E-state index in [1.807, 2.05) is 25.1 Å². The Bertz CT molecular complexity index is 695. The number of ether oxygens (including phenoxy) is 1. The van der Waals surface area contributed by atoms with E-state index in [9.17, 15) is 4.79 Å². The van der Waals surface area contributed by atoms with Crippen LogP contribution in [0.15, 0.2) is 28.9 Å². The van der Waals surface area contributed by atoms with Crippen LogP contribution in [0, 0.1) is 6.92 Å². The van der Waals surface area contributed by atoms with Gasteiger partial charge in [0.1, 0.15) is 17.3 Å². The van der Waals surface area contributed by atoms with E-state index in [1.54, 1.807) is 18.1 Å². The number of aryl methyl sites for hydroxylation is 1. The predicted octanol–water partition coefficient (Wildman–Crippen LogP) is 1.56. The Kier molecular flexibility index (Phi) is 5.49. The summed E-state index contributed by atoms with van der Waals surface area (Å²) in [5.41, 5.74) is 1.68. The second-order valence-electron chi connectivity index (χ2n) is 6.07. The normalized spacial score (nSPS) is 14.4.